The Balaban J connectivity index is 3.04. The fourth-order valence-corrected chi connectivity index (χ4v) is 2.69. The zero-order chi connectivity index (χ0) is 13.4. The lowest BCUT2D eigenvalue weighted by atomic mass is 9.77. The number of hydrogen-bond acceptors (Lipinski definition) is 4. The van der Waals surface area contributed by atoms with Gasteiger partial charge in [0.15, 0.2) is 5.92 Å². The van der Waals surface area contributed by atoms with Crippen molar-refractivity contribution in [1.29, 1.82) is 0 Å². The third-order valence-electron chi connectivity index (χ3n) is 3.27. The van der Waals surface area contributed by atoms with Gasteiger partial charge in [-0.25, -0.2) is 0 Å². The summed E-state index contributed by atoms with van der Waals surface area (Å²) in [7, 11) is 1.20. The molecule has 1 saturated heterocycles. The molecule has 1 aliphatic rings. The van der Waals surface area contributed by atoms with Crippen LogP contribution in [0.3, 0.4) is 0 Å². The molecule has 2 unspecified atom stereocenters. The molecule has 0 aromatic rings. The zero-order valence-corrected chi connectivity index (χ0v) is 10.9. The van der Waals surface area contributed by atoms with Gasteiger partial charge < -0.3 is 14.6 Å². The van der Waals surface area contributed by atoms with Crippen LogP contribution >= 0.6 is 0 Å². The summed E-state index contributed by atoms with van der Waals surface area (Å²) in [5.74, 6) is -3.42. The molecule has 1 N–H and O–H groups in total. The predicted molar refractivity (Wildman–Crippen MR) is 60.5 cm³/mol. The van der Waals surface area contributed by atoms with Crippen molar-refractivity contribution < 1.29 is 24.2 Å². The predicted octanol–water partition coefficient (Wildman–Crippen LogP) is 1.45. The number of methoxy groups -OCH3 is 1. The Morgan fingerprint density at radius 1 is 1.35 bits per heavy atom. The SMILES string of the molecule is COC(=O)C(C(=O)O)C1CC(C)(C)OC1(C)C. The summed E-state index contributed by atoms with van der Waals surface area (Å²) in [5, 5.41) is 9.18. The standard InChI is InChI=1S/C12H20O5/c1-11(2)6-7(12(3,4)17-11)8(9(13)14)10(15)16-5/h7-8H,6H2,1-5H3,(H,13,14). The van der Waals surface area contributed by atoms with Crippen LogP contribution in [0.4, 0.5) is 0 Å². The van der Waals surface area contributed by atoms with E-state index in [1.807, 2.05) is 27.7 Å². The number of carboxylic acid groups (broad SMARTS) is 1. The van der Waals surface area contributed by atoms with Gasteiger partial charge in [0.25, 0.3) is 0 Å². The molecule has 1 heterocycles. The van der Waals surface area contributed by atoms with E-state index >= 15 is 0 Å². The van der Waals surface area contributed by atoms with E-state index in [4.69, 9.17) is 4.74 Å². The number of rotatable bonds is 3. The van der Waals surface area contributed by atoms with Gasteiger partial charge in [0.05, 0.1) is 18.3 Å². The fraction of sp³-hybridized carbons (Fsp3) is 0.833. The second-order valence-electron chi connectivity index (χ2n) is 5.61. The van der Waals surface area contributed by atoms with Gasteiger partial charge in [-0.1, -0.05) is 0 Å². The molecule has 0 aromatic carbocycles. The Hall–Kier alpha value is -1.10. The van der Waals surface area contributed by atoms with Crippen molar-refractivity contribution in [1.82, 2.24) is 0 Å². The summed E-state index contributed by atoms with van der Waals surface area (Å²) >= 11 is 0. The number of carboxylic acids is 1. The Kier molecular flexibility index (Phi) is 3.52. The van der Waals surface area contributed by atoms with Crippen molar-refractivity contribution in [2.75, 3.05) is 7.11 Å². The minimum atomic E-state index is -1.17. The molecule has 5 heteroatoms. The first-order valence-electron chi connectivity index (χ1n) is 5.61. The van der Waals surface area contributed by atoms with Crippen LogP contribution in [-0.2, 0) is 19.1 Å². The van der Waals surface area contributed by atoms with Crippen LogP contribution < -0.4 is 0 Å². The highest BCUT2D eigenvalue weighted by molar-refractivity contribution is 5.94. The highest BCUT2D eigenvalue weighted by Crippen LogP contribution is 2.45. The maximum Gasteiger partial charge on any atom is 0.320 e. The van der Waals surface area contributed by atoms with Crippen molar-refractivity contribution in [3.63, 3.8) is 0 Å². The lowest BCUT2D eigenvalue weighted by Crippen LogP contribution is -2.41. The minimum absolute atomic E-state index is 0.387. The number of carbonyl (C=O) groups is 2. The molecule has 1 rings (SSSR count). The van der Waals surface area contributed by atoms with Crippen LogP contribution in [0.15, 0.2) is 0 Å². The molecule has 1 fully saturated rings. The van der Waals surface area contributed by atoms with Gasteiger partial charge >= 0.3 is 11.9 Å². The van der Waals surface area contributed by atoms with E-state index in [1.165, 1.54) is 7.11 Å². The molecule has 0 radical (unpaired) electrons. The van der Waals surface area contributed by atoms with Crippen LogP contribution in [0.5, 0.6) is 0 Å². The smallest absolute Gasteiger partial charge is 0.320 e. The van der Waals surface area contributed by atoms with Gasteiger partial charge in [-0.15, -0.1) is 0 Å². The van der Waals surface area contributed by atoms with Crippen molar-refractivity contribution in [2.45, 2.75) is 45.3 Å². The topological polar surface area (TPSA) is 72.8 Å². The molecule has 98 valence electrons. The number of esters is 1. The molecular formula is C12H20O5. The average Bonchev–Trinajstić information content (AvgIpc) is 2.34. The average molecular weight is 244 g/mol. The van der Waals surface area contributed by atoms with E-state index in [-0.39, 0.29) is 5.92 Å². The van der Waals surface area contributed by atoms with Crippen molar-refractivity contribution in [3.8, 4) is 0 Å². The third kappa shape index (κ3) is 2.77. The Bertz CT molecular complexity index is 332. The lowest BCUT2D eigenvalue weighted by molar-refractivity contribution is -0.163. The summed E-state index contributed by atoms with van der Waals surface area (Å²) in [4.78, 5) is 22.8. The van der Waals surface area contributed by atoms with Crippen molar-refractivity contribution in [3.05, 3.63) is 0 Å². The monoisotopic (exact) mass is 244 g/mol. The molecule has 0 aromatic heterocycles. The Morgan fingerprint density at radius 2 is 1.88 bits per heavy atom. The van der Waals surface area contributed by atoms with E-state index in [2.05, 4.69) is 4.74 Å². The van der Waals surface area contributed by atoms with E-state index in [0.717, 1.165) is 0 Å². The van der Waals surface area contributed by atoms with Crippen LogP contribution in [0, 0.1) is 11.8 Å². The van der Waals surface area contributed by atoms with E-state index in [0.29, 0.717) is 6.42 Å². The second-order valence-corrected chi connectivity index (χ2v) is 5.61. The molecular weight excluding hydrogens is 224 g/mol. The molecule has 2 atom stereocenters. The van der Waals surface area contributed by atoms with E-state index in [9.17, 15) is 14.7 Å². The molecule has 1 aliphatic heterocycles. The summed E-state index contributed by atoms with van der Waals surface area (Å²) < 4.78 is 10.4. The highest BCUT2D eigenvalue weighted by atomic mass is 16.5. The quantitative estimate of drug-likeness (QED) is 0.601. The van der Waals surface area contributed by atoms with Crippen molar-refractivity contribution >= 4 is 11.9 Å². The first-order valence-corrected chi connectivity index (χ1v) is 5.61. The number of hydrogen-bond donors (Lipinski definition) is 1. The number of aliphatic carboxylic acids is 1. The first kappa shape index (κ1) is 14.0. The largest absolute Gasteiger partial charge is 0.481 e. The van der Waals surface area contributed by atoms with E-state index in [1.54, 1.807) is 0 Å². The van der Waals surface area contributed by atoms with Crippen molar-refractivity contribution in [2.24, 2.45) is 11.8 Å². The maximum absolute atomic E-state index is 11.6. The summed E-state index contributed by atoms with van der Waals surface area (Å²) in [6, 6.07) is 0. The lowest BCUT2D eigenvalue weighted by Gasteiger charge is -2.29. The first-order chi connectivity index (χ1) is 7.60. The molecule has 0 amide bonds. The van der Waals surface area contributed by atoms with Gasteiger partial charge in [0.1, 0.15) is 0 Å². The summed E-state index contributed by atoms with van der Waals surface area (Å²) in [5.41, 5.74) is -1.07. The molecule has 0 saturated carbocycles. The third-order valence-corrected chi connectivity index (χ3v) is 3.27. The molecule has 5 nitrogen and oxygen atoms in total. The number of carbonyl (C=O) groups excluding carboxylic acids is 1. The normalized spacial score (nSPS) is 27.5. The fourth-order valence-electron chi connectivity index (χ4n) is 2.69. The maximum atomic E-state index is 11.6. The van der Waals surface area contributed by atoms with Crippen LogP contribution in [0.25, 0.3) is 0 Å². The Morgan fingerprint density at radius 3 is 2.18 bits per heavy atom. The van der Waals surface area contributed by atoms with Crippen LogP contribution in [0.1, 0.15) is 34.1 Å². The minimum Gasteiger partial charge on any atom is -0.481 e. The number of ether oxygens (including phenoxy) is 2. The second kappa shape index (κ2) is 4.29. The van der Waals surface area contributed by atoms with Crippen LogP contribution in [-0.4, -0.2) is 35.4 Å². The summed E-state index contributed by atoms with van der Waals surface area (Å²) in [6.07, 6.45) is 0.520. The highest BCUT2D eigenvalue weighted by Gasteiger charge is 2.53. The van der Waals surface area contributed by atoms with Gasteiger partial charge in [-0.3, -0.25) is 9.59 Å². The van der Waals surface area contributed by atoms with Gasteiger partial charge in [0.2, 0.25) is 0 Å². The molecule has 17 heavy (non-hydrogen) atoms. The zero-order valence-electron chi connectivity index (χ0n) is 10.9. The Labute approximate surface area is 101 Å². The molecule has 0 bridgehead atoms. The van der Waals surface area contributed by atoms with Crippen LogP contribution in [0.2, 0.25) is 0 Å². The molecule has 0 aliphatic carbocycles. The van der Waals surface area contributed by atoms with Gasteiger partial charge in [-0.05, 0) is 34.1 Å². The van der Waals surface area contributed by atoms with Gasteiger partial charge in [0, 0.05) is 5.92 Å². The van der Waals surface area contributed by atoms with Gasteiger partial charge in [-0.2, -0.15) is 0 Å². The van der Waals surface area contributed by atoms with E-state index < -0.39 is 29.1 Å². The molecule has 0 spiro atoms. The summed E-state index contributed by atoms with van der Waals surface area (Å²) in [6.45, 7) is 7.41.